The molecule has 1 saturated carbocycles. The SMILES string of the molecule is O=C(NCc1nnc(-c2ccccc2)o1)C(c1ccc(F)cc1)C1CC1. The number of carbonyl (C=O) groups is 1. The number of carbonyl (C=O) groups excluding carboxylic acids is 1. The Hall–Kier alpha value is -3.02. The molecule has 0 saturated heterocycles. The van der Waals surface area contributed by atoms with Crippen molar-refractivity contribution in [3.8, 4) is 11.5 Å². The van der Waals surface area contributed by atoms with Gasteiger partial charge >= 0.3 is 0 Å². The molecule has 0 bridgehead atoms. The predicted octanol–water partition coefficient (Wildman–Crippen LogP) is 3.69. The van der Waals surface area contributed by atoms with Gasteiger partial charge in [-0.15, -0.1) is 10.2 Å². The lowest BCUT2D eigenvalue weighted by Gasteiger charge is -2.16. The Balaban J connectivity index is 1.43. The molecule has 2 aromatic carbocycles. The van der Waals surface area contributed by atoms with Gasteiger partial charge in [-0.3, -0.25) is 4.79 Å². The minimum Gasteiger partial charge on any atom is -0.419 e. The summed E-state index contributed by atoms with van der Waals surface area (Å²) in [5.74, 6) is 0.412. The number of halogens is 1. The molecule has 0 spiro atoms. The maximum Gasteiger partial charge on any atom is 0.247 e. The zero-order chi connectivity index (χ0) is 17.9. The molecule has 1 N–H and O–H groups in total. The van der Waals surface area contributed by atoms with Crippen LogP contribution in [0.15, 0.2) is 59.0 Å². The number of amides is 1. The molecule has 26 heavy (non-hydrogen) atoms. The molecule has 1 aliphatic rings. The summed E-state index contributed by atoms with van der Waals surface area (Å²) < 4.78 is 18.8. The number of benzene rings is 2. The van der Waals surface area contributed by atoms with Crippen LogP contribution in [0.2, 0.25) is 0 Å². The highest BCUT2D eigenvalue weighted by atomic mass is 19.1. The van der Waals surface area contributed by atoms with E-state index in [1.807, 2.05) is 30.3 Å². The average Bonchev–Trinajstić information content (AvgIpc) is 3.38. The molecule has 1 heterocycles. The second kappa shape index (κ2) is 7.07. The Bertz CT molecular complexity index is 889. The van der Waals surface area contributed by atoms with Gasteiger partial charge in [0.1, 0.15) is 5.82 Å². The standard InChI is InChI=1S/C20H18FN3O2/c21-16-10-8-14(9-11-16)18(13-6-7-13)19(25)22-12-17-23-24-20(26-17)15-4-2-1-3-5-15/h1-5,8-11,13,18H,6-7,12H2,(H,22,25). The van der Waals surface area contributed by atoms with Crippen molar-refractivity contribution < 1.29 is 13.6 Å². The minimum atomic E-state index is -0.303. The maximum absolute atomic E-state index is 13.2. The molecule has 1 aromatic heterocycles. The molecule has 4 rings (SSSR count). The van der Waals surface area contributed by atoms with Crippen molar-refractivity contribution in [1.29, 1.82) is 0 Å². The third-order valence-corrected chi connectivity index (χ3v) is 4.51. The van der Waals surface area contributed by atoms with Crippen molar-refractivity contribution in [2.45, 2.75) is 25.3 Å². The summed E-state index contributed by atoms with van der Waals surface area (Å²) in [5, 5.41) is 10.9. The van der Waals surface area contributed by atoms with Gasteiger partial charge in [-0.25, -0.2) is 4.39 Å². The zero-order valence-electron chi connectivity index (χ0n) is 14.1. The molecule has 5 nitrogen and oxygen atoms in total. The van der Waals surface area contributed by atoms with Crippen LogP contribution < -0.4 is 5.32 Å². The molecule has 1 atom stereocenters. The molecule has 0 aliphatic heterocycles. The Morgan fingerprint density at radius 3 is 2.54 bits per heavy atom. The lowest BCUT2D eigenvalue weighted by atomic mass is 9.93. The van der Waals surface area contributed by atoms with E-state index in [9.17, 15) is 9.18 Å². The van der Waals surface area contributed by atoms with Gasteiger partial charge in [-0.2, -0.15) is 0 Å². The largest absolute Gasteiger partial charge is 0.419 e. The fraction of sp³-hybridized carbons (Fsp3) is 0.250. The van der Waals surface area contributed by atoms with Crippen molar-refractivity contribution in [2.24, 2.45) is 5.92 Å². The van der Waals surface area contributed by atoms with E-state index in [0.29, 0.717) is 17.7 Å². The van der Waals surface area contributed by atoms with Crippen LogP contribution in [0.4, 0.5) is 4.39 Å². The van der Waals surface area contributed by atoms with E-state index < -0.39 is 0 Å². The molecule has 1 unspecified atom stereocenters. The summed E-state index contributed by atoms with van der Waals surface area (Å²) in [4.78, 5) is 12.7. The van der Waals surface area contributed by atoms with Crippen LogP contribution in [0.1, 0.15) is 30.2 Å². The van der Waals surface area contributed by atoms with E-state index in [4.69, 9.17) is 4.42 Å². The number of rotatable bonds is 6. The fourth-order valence-corrected chi connectivity index (χ4v) is 3.03. The summed E-state index contributed by atoms with van der Waals surface area (Å²) in [6.45, 7) is 0.170. The van der Waals surface area contributed by atoms with Crippen molar-refractivity contribution >= 4 is 5.91 Å². The second-order valence-corrected chi connectivity index (χ2v) is 6.45. The Morgan fingerprint density at radius 1 is 1.12 bits per heavy atom. The quantitative estimate of drug-likeness (QED) is 0.735. The highest BCUT2D eigenvalue weighted by Crippen LogP contribution is 2.42. The van der Waals surface area contributed by atoms with Crippen LogP contribution in [0.25, 0.3) is 11.5 Å². The van der Waals surface area contributed by atoms with Crippen molar-refractivity contribution in [1.82, 2.24) is 15.5 Å². The molecule has 0 radical (unpaired) electrons. The molecule has 1 fully saturated rings. The van der Waals surface area contributed by atoms with E-state index in [0.717, 1.165) is 24.0 Å². The lowest BCUT2D eigenvalue weighted by molar-refractivity contribution is -0.123. The first-order valence-corrected chi connectivity index (χ1v) is 8.61. The van der Waals surface area contributed by atoms with E-state index in [1.54, 1.807) is 12.1 Å². The number of aromatic nitrogens is 2. The number of nitrogens with zero attached hydrogens (tertiary/aromatic N) is 2. The van der Waals surface area contributed by atoms with Gasteiger partial charge in [0.25, 0.3) is 0 Å². The third kappa shape index (κ3) is 3.64. The van der Waals surface area contributed by atoms with E-state index >= 15 is 0 Å². The Kier molecular flexibility index (Phi) is 4.48. The van der Waals surface area contributed by atoms with Gasteiger partial charge in [-0.1, -0.05) is 30.3 Å². The Morgan fingerprint density at radius 2 is 1.85 bits per heavy atom. The van der Waals surface area contributed by atoms with Gasteiger partial charge in [-0.05, 0) is 48.6 Å². The first kappa shape index (κ1) is 16.4. The third-order valence-electron chi connectivity index (χ3n) is 4.51. The lowest BCUT2D eigenvalue weighted by Crippen LogP contribution is -2.30. The molecule has 1 aliphatic carbocycles. The predicted molar refractivity (Wildman–Crippen MR) is 93.4 cm³/mol. The molecular formula is C20H18FN3O2. The number of hydrogen-bond donors (Lipinski definition) is 1. The highest BCUT2D eigenvalue weighted by Gasteiger charge is 2.37. The minimum absolute atomic E-state index is 0.0985. The van der Waals surface area contributed by atoms with Gasteiger partial charge < -0.3 is 9.73 Å². The topological polar surface area (TPSA) is 68.0 Å². The summed E-state index contributed by atoms with van der Waals surface area (Å²) in [6, 6.07) is 15.6. The van der Waals surface area contributed by atoms with E-state index in [1.165, 1.54) is 12.1 Å². The first-order valence-electron chi connectivity index (χ1n) is 8.61. The van der Waals surface area contributed by atoms with Gasteiger partial charge in [0.05, 0.1) is 12.5 Å². The normalized spacial score (nSPS) is 14.8. The smallest absolute Gasteiger partial charge is 0.247 e. The maximum atomic E-state index is 13.2. The van der Waals surface area contributed by atoms with Crippen LogP contribution in [0.3, 0.4) is 0 Å². The van der Waals surface area contributed by atoms with Crippen molar-refractivity contribution in [3.63, 3.8) is 0 Å². The second-order valence-electron chi connectivity index (χ2n) is 6.45. The van der Waals surface area contributed by atoms with Crippen LogP contribution in [0.5, 0.6) is 0 Å². The van der Waals surface area contributed by atoms with Crippen molar-refractivity contribution in [2.75, 3.05) is 0 Å². The van der Waals surface area contributed by atoms with Gasteiger partial charge in [0, 0.05) is 5.56 Å². The van der Waals surface area contributed by atoms with Crippen LogP contribution in [-0.4, -0.2) is 16.1 Å². The highest BCUT2D eigenvalue weighted by molar-refractivity contribution is 5.84. The summed E-state index contributed by atoms with van der Waals surface area (Å²) in [6.07, 6.45) is 2.02. The van der Waals surface area contributed by atoms with Gasteiger partial charge in [0.2, 0.25) is 17.7 Å². The monoisotopic (exact) mass is 351 g/mol. The number of hydrogen-bond acceptors (Lipinski definition) is 4. The Labute approximate surface area is 150 Å². The first-order chi connectivity index (χ1) is 12.7. The zero-order valence-corrected chi connectivity index (χ0v) is 14.1. The van der Waals surface area contributed by atoms with Gasteiger partial charge in [0.15, 0.2) is 0 Å². The molecule has 1 amide bonds. The van der Waals surface area contributed by atoms with E-state index in [-0.39, 0.29) is 24.2 Å². The summed E-state index contributed by atoms with van der Waals surface area (Å²) in [5.41, 5.74) is 1.67. The summed E-state index contributed by atoms with van der Waals surface area (Å²) in [7, 11) is 0. The molecule has 3 aromatic rings. The van der Waals surface area contributed by atoms with Crippen LogP contribution in [-0.2, 0) is 11.3 Å². The van der Waals surface area contributed by atoms with Crippen LogP contribution >= 0.6 is 0 Å². The van der Waals surface area contributed by atoms with Crippen molar-refractivity contribution in [3.05, 3.63) is 71.9 Å². The molecule has 6 heteroatoms. The summed E-state index contributed by atoms with van der Waals surface area (Å²) >= 11 is 0. The fourth-order valence-electron chi connectivity index (χ4n) is 3.03. The average molecular weight is 351 g/mol. The number of nitrogens with one attached hydrogen (secondary N) is 1. The molecular weight excluding hydrogens is 333 g/mol. The molecule has 132 valence electrons. The van der Waals surface area contributed by atoms with Crippen LogP contribution in [0, 0.1) is 11.7 Å². The van der Waals surface area contributed by atoms with E-state index in [2.05, 4.69) is 15.5 Å².